The lowest BCUT2D eigenvalue weighted by Crippen LogP contribution is -2.07. The number of H-pyrrole nitrogens is 1. The summed E-state index contributed by atoms with van der Waals surface area (Å²) in [5.41, 5.74) is 7.89. The number of aromatic nitrogens is 2. The molecule has 0 radical (unpaired) electrons. The van der Waals surface area contributed by atoms with Crippen LogP contribution in [0.1, 0.15) is 23.0 Å². The molecule has 0 spiro atoms. The summed E-state index contributed by atoms with van der Waals surface area (Å²) in [7, 11) is 0. The average molecular weight is 245 g/mol. The Labute approximate surface area is 105 Å². The highest BCUT2D eigenvalue weighted by Crippen LogP contribution is 2.23. The molecule has 1 aromatic carbocycles. The number of nitrogens with zero attached hydrogens (tertiary/aromatic N) is 1. The Morgan fingerprint density at radius 3 is 2.83 bits per heavy atom. The van der Waals surface area contributed by atoms with Crippen LogP contribution in [0.25, 0.3) is 11.4 Å². The summed E-state index contributed by atoms with van der Waals surface area (Å²) in [6, 6.07) is 7.74. The fourth-order valence-electron chi connectivity index (χ4n) is 1.71. The van der Waals surface area contributed by atoms with Crippen LogP contribution < -0.4 is 5.73 Å². The van der Waals surface area contributed by atoms with Gasteiger partial charge < -0.3 is 15.5 Å². The van der Waals surface area contributed by atoms with Gasteiger partial charge in [0.25, 0.3) is 0 Å². The number of nitrogen functional groups attached to an aromatic ring is 1. The van der Waals surface area contributed by atoms with E-state index in [0.717, 1.165) is 11.1 Å². The lowest BCUT2D eigenvalue weighted by atomic mass is 10.1. The van der Waals surface area contributed by atoms with Gasteiger partial charge in [-0.1, -0.05) is 24.3 Å². The van der Waals surface area contributed by atoms with Crippen molar-refractivity contribution >= 4 is 11.8 Å². The topological polar surface area (TPSA) is 81.0 Å². The lowest BCUT2D eigenvalue weighted by Gasteiger charge is -2.01. The molecule has 0 bridgehead atoms. The maximum Gasteiger partial charge on any atom is 0.358 e. The fourth-order valence-corrected chi connectivity index (χ4v) is 1.71. The van der Waals surface area contributed by atoms with Crippen LogP contribution in [0.15, 0.2) is 24.3 Å². The van der Waals surface area contributed by atoms with E-state index in [2.05, 4.69) is 9.97 Å². The van der Waals surface area contributed by atoms with Gasteiger partial charge in [-0.25, -0.2) is 9.78 Å². The van der Waals surface area contributed by atoms with Gasteiger partial charge >= 0.3 is 5.97 Å². The number of nitrogens with one attached hydrogen (secondary N) is 1. The monoisotopic (exact) mass is 245 g/mol. The first-order valence-electron chi connectivity index (χ1n) is 5.72. The normalized spacial score (nSPS) is 10.3. The molecule has 1 heterocycles. The molecule has 0 saturated carbocycles. The third-order valence-corrected chi connectivity index (χ3v) is 2.61. The van der Waals surface area contributed by atoms with E-state index < -0.39 is 5.97 Å². The number of anilines is 1. The van der Waals surface area contributed by atoms with Crippen molar-refractivity contribution < 1.29 is 9.53 Å². The first kappa shape index (κ1) is 12.2. The molecule has 94 valence electrons. The van der Waals surface area contributed by atoms with Crippen molar-refractivity contribution in [2.45, 2.75) is 13.8 Å². The van der Waals surface area contributed by atoms with Crippen LogP contribution in [0.4, 0.5) is 5.82 Å². The van der Waals surface area contributed by atoms with Crippen molar-refractivity contribution in [1.29, 1.82) is 0 Å². The number of carbonyl (C=O) groups is 1. The van der Waals surface area contributed by atoms with Crippen LogP contribution in [0.5, 0.6) is 0 Å². The minimum atomic E-state index is -0.484. The van der Waals surface area contributed by atoms with Gasteiger partial charge in [-0.3, -0.25) is 0 Å². The maximum absolute atomic E-state index is 11.6. The summed E-state index contributed by atoms with van der Waals surface area (Å²) in [6.07, 6.45) is 0. The minimum Gasteiger partial charge on any atom is -0.461 e. The zero-order chi connectivity index (χ0) is 13.1. The van der Waals surface area contributed by atoms with E-state index in [-0.39, 0.29) is 11.5 Å². The van der Waals surface area contributed by atoms with E-state index in [0.29, 0.717) is 12.4 Å². The maximum atomic E-state index is 11.6. The Kier molecular flexibility index (Phi) is 3.32. The number of aromatic amines is 1. The zero-order valence-corrected chi connectivity index (χ0v) is 10.4. The number of rotatable bonds is 3. The molecule has 0 saturated heterocycles. The highest BCUT2D eigenvalue weighted by atomic mass is 16.5. The highest BCUT2D eigenvalue weighted by molar-refractivity contribution is 5.93. The second-order valence-corrected chi connectivity index (χ2v) is 3.88. The van der Waals surface area contributed by atoms with Crippen LogP contribution in [0.2, 0.25) is 0 Å². The van der Waals surface area contributed by atoms with Crippen molar-refractivity contribution in [2.75, 3.05) is 12.3 Å². The molecule has 0 aliphatic carbocycles. The zero-order valence-electron chi connectivity index (χ0n) is 10.4. The van der Waals surface area contributed by atoms with Gasteiger partial charge in [-0.05, 0) is 19.4 Å². The van der Waals surface area contributed by atoms with E-state index in [1.54, 1.807) is 6.92 Å². The van der Waals surface area contributed by atoms with Crippen LogP contribution in [0, 0.1) is 6.92 Å². The Balaban J connectivity index is 2.41. The summed E-state index contributed by atoms with van der Waals surface area (Å²) in [6.45, 7) is 4.02. The van der Waals surface area contributed by atoms with Crippen molar-refractivity contribution in [3.8, 4) is 11.4 Å². The molecule has 18 heavy (non-hydrogen) atoms. The Morgan fingerprint density at radius 2 is 2.17 bits per heavy atom. The predicted octanol–water partition coefficient (Wildman–Crippen LogP) is 2.14. The van der Waals surface area contributed by atoms with Crippen molar-refractivity contribution in [3.63, 3.8) is 0 Å². The molecule has 2 rings (SSSR count). The van der Waals surface area contributed by atoms with Gasteiger partial charge in [-0.2, -0.15) is 0 Å². The van der Waals surface area contributed by atoms with E-state index in [1.807, 2.05) is 31.2 Å². The summed E-state index contributed by atoms with van der Waals surface area (Å²) >= 11 is 0. The number of esters is 1. The molecule has 0 atom stereocenters. The van der Waals surface area contributed by atoms with Crippen LogP contribution in [-0.2, 0) is 4.74 Å². The average Bonchev–Trinajstić information content (AvgIpc) is 2.72. The first-order chi connectivity index (χ1) is 8.63. The van der Waals surface area contributed by atoms with Gasteiger partial charge in [0.05, 0.1) is 6.61 Å². The smallest absolute Gasteiger partial charge is 0.358 e. The van der Waals surface area contributed by atoms with Crippen molar-refractivity contribution in [1.82, 2.24) is 9.97 Å². The molecule has 5 nitrogen and oxygen atoms in total. The minimum absolute atomic E-state index is 0.159. The largest absolute Gasteiger partial charge is 0.461 e. The van der Waals surface area contributed by atoms with Crippen molar-refractivity contribution in [3.05, 3.63) is 35.5 Å². The fraction of sp³-hybridized carbons (Fsp3) is 0.231. The third-order valence-electron chi connectivity index (χ3n) is 2.61. The van der Waals surface area contributed by atoms with E-state index in [1.165, 1.54) is 0 Å². The second kappa shape index (κ2) is 4.91. The summed E-state index contributed by atoms with van der Waals surface area (Å²) in [5, 5.41) is 0. The van der Waals surface area contributed by atoms with Crippen molar-refractivity contribution in [2.24, 2.45) is 0 Å². The van der Waals surface area contributed by atoms with Crippen LogP contribution >= 0.6 is 0 Å². The summed E-state index contributed by atoms with van der Waals surface area (Å²) in [4.78, 5) is 18.7. The molecule has 0 unspecified atom stereocenters. The molecule has 1 aromatic heterocycles. The first-order valence-corrected chi connectivity index (χ1v) is 5.72. The number of carbonyl (C=O) groups excluding carboxylic acids is 1. The molecule has 2 aromatic rings. The van der Waals surface area contributed by atoms with E-state index >= 15 is 0 Å². The number of hydrogen-bond acceptors (Lipinski definition) is 4. The predicted molar refractivity (Wildman–Crippen MR) is 69.1 cm³/mol. The van der Waals surface area contributed by atoms with E-state index in [9.17, 15) is 4.79 Å². The number of benzene rings is 1. The molecule has 3 N–H and O–H groups in total. The Morgan fingerprint density at radius 1 is 1.44 bits per heavy atom. The third kappa shape index (κ3) is 2.20. The van der Waals surface area contributed by atoms with E-state index in [4.69, 9.17) is 10.5 Å². The second-order valence-electron chi connectivity index (χ2n) is 3.88. The molecule has 0 amide bonds. The number of ether oxygens (including phenoxy) is 1. The molecule has 0 aliphatic heterocycles. The molecular weight excluding hydrogens is 230 g/mol. The SMILES string of the molecule is CCOC(=O)c1[nH]c(-c2ccccc2C)nc1N. The number of aryl methyl sites for hydroxylation is 1. The van der Waals surface area contributed by atoms with Crippen LogP contribution in [0.3, 0.4) is 0 Å². The number of hydrogen-bond donors (Lipinski definition) is 2. The molecular formula is C13H15N3O2. The van der Waals surface area contributed by atoms with Crippen LogP contribution in [-0.4, -0.2) is 22.5 Å². The van der Waals surface area contributed by atoms with Gasteiger partial charge in [0.15, 0.2) is 11.5 Å². The van der Waals surface area contributed by atoms with Gasteiger partial charge in [-0.15, -0.1) is 0 Å². The number of imidazole rings is 1. The molecule has 0 fully saturated rings. The molecule has 5 heteroatoms. The summed E-state index contributed by atoms with van der Waals surface area (Å²) < 4.78 is 4.90. The standard InChI is InChI=1S/C13H15N3O2/c1-3-18-13(17)10-11(14)16-12(15-10)9-7-5-4-6-8(9)2/h4-7H,3,14H2,1-2H3,(H,15,16). The van der Waals surface area contributed by atoms with Gasteiger partial charge in [0.1, 0.15) is 5.82 Å². The Bertz CT molecular complexity index is 575. The van der Waals surface area contributed by atoms with Gasteiger partial charge in [0, 0.05) is 5.56 Å². The number of nitrogens with two attached hydrogens (primary N) is 1. The summed E-state index contributed by atoms with van der Waals surface area (Å²) in [5.74, 6) is 0.252. The molecule has 0 aliphatic rings. The lowest BCUT2D eigenvalue weighted by molar-refractivity contribution is 0.0521. The highest BCUT2D eigenvalue weighted by Gasteiger charge is 2.17. The van der Waals surface area contributed by atoms with Gasteiger partial charge in [0.2, 0.25) is 0 Å². The Hall–Kier alpha value is -2.30. The quantitative estimate of drug-likeness (QED) is 0.812.